The van der Waals surface area contributed by atoms with Crippen molar-refractivity contribution in [3.63, 3.8) is 0 Å². The number of hydrogen-bond acceptors (Lipinski definition) is 6. The van der Waals surface area contributed by atoms with Crippen molar-refractivity contribution in [2.45, 2.75) is 32.7 Å². The van der Waals surface area contributed by atoms with Gasteiger partial charge in [-0.25, -0.2) is 9.97 Å². The van der Waals surface area contributed by atoms with Crippen molar-refractivity contribution in [1.82, 2.24) is 14.9 Å². The largest absolute Gasteiger partial charge is 0.493 e. The summed E-state index contributed by atoms with van der Waals surface area (Å²) in [6.45, 7) is 3.95. The third kappa shape index (κ3) is 4.67. The molecule has 1 aromatic carbocycles. The van der Waals surface area contributed by atoms with Gasteiger partial charge in [0.1, 0.15) is 17.3 Å². The number of aryl methyl sites for hydroxylation is 1. The highest BCUT2D eigenvalue weighted by Gasteiger charge is 2.20. The van der Waals surface area contributed by atoms with Crippen LogP contribution in [0, 0.1) is 6.92 Å². The zero-order valence-corrected chi connectivity index (χ0v) is 16.1. The fourth-order valence-electron chi connectivity index (χ4n) is 3.21. The van der Waals surface area contributed by atoms with Gasteiger partial charge in [-0.05, 0) is 43.9 Å². The summed E-state index contributed by atoms with van der Waals surface area (Å²) in [5.41, 5.74) is 1.46. The monoisotopic (exact) mass is 370 g/mol. The first kappa shape index (κ1) is 18.9. The Labute approximate surface area is 159 Å². The number of nitrogens with one attached hydrogen (secondary N) is 1. The first-order chi connectivity index (χ1) is 13.1. The second kappa shape index (κ2) is 8.70. The van der Waals surface area contributed by atoms with Crippen molar-refractivity contribution < 1.29 is 14.3 Å². The summed E-state index contributed by atoms with van der Waals surface area (Å²) in [4.78, 5) is 23.3. The molecular weight excluding hydrogens is 344 g/mol. The number of benzene rings is 1. The second-order valence-corrected chi connectivity index (χ2v) is 6.58. The highest BCUT2D eigenvalue weighted by Crippen LogP contribution is 2.27. The number of methoxy groups -OCH3 is 2. The lowest BCUT2D eigenvalue weighted by Crippen LogP contribution is -2.36. The zero-order valence-electron chi connectivity index (χ0n) is 16.1. The van der Waals surface area contributed by atoms with Gasteiger partial charge in [0.25, 0.3) is 5.91 Å². The van der Waals surface area contributed by atoms with Crippen LogP contribution in [0.1, 0.15) is 41.1 Å². The number of piperidine rings is 1. The van der Waals surface area contributed by atoms with Crippen molar-refractivity contribution >= 4 is 11.7 Å². The van der Waals surface area contributed by atoms with E-state index in [0.29, 0.717) is 35.4 Å². The number of hydrogen-bond donors (Lipinski definition) is 1. The lowest BCUT2D eigenvalue weighted by Gasteiger charge is -2.26. The maximum atomic E-state index is 12.7. The Morgan fingerprint density at radius 3 is 2.52 bits per heavy atom. The summed E-state index contributed by atoms with van der Waals surface area (Å²) < 4.78 is 10.6. The maximum Gasteiger partial charge on any atom is 0.272 e. The van der Waals surface area contributed by atoms with Gasteiger partial charge in [-0.3, -0.25) is 4.79 Å². The summed E-state index contributed by atoms with van der Waals surface area (Å²) >= 11 is 0. The topological polar surface area (TPSA) is 76.6 Å². The molecule has 1 aliphatic heterocycles. The zero-order chi connectivity index (χ0) is 19.2. The molecule has 27 heavy (non-hydrogen) atoms. The van der Waals surface area contributed by atoms with Crippen LogP contribution in [0.15, 0.2) is 24.3 Å². The third-order valence-corrected chi connectivity index (χ3v) is 4.62. The first-order valence-corrected chi connectivity index (χ1v) is 9.20. The standard InChI is InChI=1S/C20H26N4O3/c1-14-22-16(20(25)24-9-5-4-6-10-24)12-19(23-14)21-13-15-7-8-17(26-2)18(11-15)27-3/h7-8,11-12H,4-6,9-10,13H2,1-3H3,(H,21,22,23). The van der Waals surface area contributed by atoms with Crippen molar-refractivity contribution in [3.8, 4) is 11.5 Å². The number of anilines is 1. The van der Waals surface area contributed by atoms with Crippen LogP contribution in [0.25, 0.3) is 0 Å². The highest BCUT2D eigenvalue weighted by molar-refractivity contribution is 5.93. The Morgan fingerprint density at radius 2 is 1.81 bits per heavy atom. The molecule has 0 bridgehead atoms. The summed E-state index contributed by atoms with van der Waals surface area (Å²) in [7, 11) is 3.22. The number of rotatable bonds is 6. The van der Waals surface area contributed by atoms with Crippen LogP contribution in [0.2, 0.25) is 0 Å². The number of amides is 1. The molecule has 3 rings (SSSR count). The highest BCUT2D eigenvalue weighted by atomic mass is 16.5. The Balaban J connectivity index is 1.72. The van der Waals surface area contributed by atoms with E-state index < -0.39 is 0 Å². The van der Waals surface area contributed by atoms with Gasteiger partial charge in [0, 0.05) is 25.7 Å². The predicted octanol–water partition coefficient (Wildman–Crippen LogP) is 3.04. The minimum atomic E-state index is -0.0191. The molecule has 0 saturated carbocycles. The molecule has 1 saturated heterocycles. The number of aromatic nitrogens is 2. The summed E-state index contributed by atoms with van der Waals surface area (Å²) in [5, 5.41) is 3.27. The van der Waals surface area contributed by atoms with E-state index in [1.807, 2.05) is 23.1 Å². The number of carbonyl (C=O) groups excluding carboxylic acids is 1. The van der Waals surface area contributed by atoms with Gasteiger partial charge in [0.15, 0.2) is 11.5 Å². The lowest BCUT2D eigenvalue weighted by atomic mass is 10.1. The summed E-state index contributed by atoms with van der Waals surface area (Å²) in [6, 6.07) is 7.47. The molecule has 0 aliphatic carbocycles. The van der Waals surface area contributed by atoms with Crippen LogP contribution >= 0.6 is 0 Å². The Kier molecular flexibility index (Phi) is 6.11. The van der Waals surface area contributed by atoms with E-state index in [9.17, 15) is 4.79 Å². The molecule has 7 heteroatoms. The third-order valence-electron chi connectivity index (χ3n) is 4.62. The fraction of sp³-hybridized carbons (Fsp3) is 0.450. The van der Waals surface area contributed by atoms with Crippen LogP contribution in [-0.2, 0) is 6.54 Å². The molecule has 0 radical (unpaired) electrons. The molecule has 2 heterocycles. The van der Waals surface area contributed by atoms with E-state index in [4.69, 9.17) is 9.47 Å². The number of ether oxygens (including phenoxy) is 2. The van der Waals surface area contributed by atoms with E-state index >= 15 is 0 Å². The molecule has 1 fully saturated rings. The van der Waals surface area contributed by atoms with Crippen LogP contribution in [0.3, 0.4) is 0 Å². The van der Waals surface area contributed by atoms with Crippen LogP contribution in [0.5, 0.6) is 11.5 Å². The van der Waals surface area contributed by atoms with Crippen molar-refractivity contribution in [2.24, 2.45) is 0 Å². The molecular formula is C20H26N4O3. The Hall–Kier alpha value is -2.83. The van der Waals surface area contributed by atoms with E-state index in [-0.39, 0.29) is 5.91 Å². The van der Waals surface area contributed by atoms with Crippen molar-refractivity contribution in [2.75, 3.05) is 32.6 Å². The molecule has 0 spiro atoms. The van der Waals surface area contributed by atoms with Gasteiger partial charge in [-0.15, -0.1) is 0 Å². The van der Waals surface area contributed by atoms with Crippen LogP contribution in [-0.4, -0.2) is 48.1 Å². The Morgan fingerprint density at radius 1 is 1.07 bits per heavy atom. The summed E-state index contributed by atoms with van der Waals surface area (Å²) in [6.07, 6.45) is 3.30. The summed E-state index contributed by atoms with van der Waals surface area (Å²) in [5.74, 6) is 2.56. The molecule has 7 nitrogen and oxygen atoms in total. The second-order valence-electron chi connectivity index (χ2n) is 6.58. The molecule has 144 valence electrons. The quantitative estimate of drug-likeness (QED) is 0.842. The minimum absolute atomic E-state index is 0.0191. The normalized spacial score (nSPS) is 14.0. The molecule has 2 aromatic rings. The van der Waals surface area contributed by atoms with Gasteiger partial charge in [-0.2, -0.15) is 0 Å². The molecule has 1 amide bonds. The molecule has 1 N–H and O–H groups in total. The van der Waals surface area contributed by atoms with E-state index in [0.717, 1.165) is 31.5 Å². The van der Waals surface area contributed by atoms with Crippen molar-refractivity contribution in [3.05, 3.63) is 41.3 Å². The van der Waals surface area contributed by atoms with E-state index in [1.165, 1.54) is 6.42 Å². The molecule has 1 aromatic heterocycles. The fourth-order valence-corrected chi connectivity index (χ4v) is 3.21. The minimum Gasteiger partial charge on any atom is -0.493 e. The predicted molar refractivity (Wildman–Crippen MR) is 103 cm³/mol. The van der Waals surface area contributed by atoms with Crippen molar-refractivity contribution in [1.29, 1.82) is 0 Å². The number of nitrogens with zero attached hydrogens (tertiary/aromatic N) is 3. The van der Waals surface area contributed by atoms with Gasteiger partial charge in [0.2, 0.25) is 0 Å². The molecule has 1 aliphatic rings. The van der Waals surface area contributed by atoms with Crippen LogP contribution in [0.4, 0.5) is 5.82 Å². The number of likely N-dealkylation sites (tertiary alicyclic amines) is 1. The van der Waals surface area contributed by atoms with Gasteiger partial charge >= 0.3 is 0 Å². The maximum absolute atomic E-state index is 12.7. The molecule has 0 atom stereocenters. The first-order valence-electron chi connectivity index (χ1n) is 9.20. The Bertz CT molecular complexity index is 804. The lowest BCUT2D eigenvalue weighted by molar-refractivity contribution is 0.0718. The van der Waals surface area contributed by atoms with Crippen LogP contribution < -0.4 is 14.8 Å². The average molecular weight is 370 g/mol. The van der Waals surface area contributed by atoms with Gasteiger partial charge in [0.05, 0.1) is 14.2 Å². The van der Waals surface area contributed by atoms with E-state index in [2.05, 4.69) is 15.3 Å². The van der Waals surface area contributed by atoms with E-state index in [1.54, 1.807) is 27.2 Å². The average Bonchev–Trinajstić information content (AvgIpc) is 2.71. The number of carbonyl (C=O) groups is 1. The molecule has 0 unspecified atom stereocenters. The smallest absolute Gasteiger partial charge is 0.272 e. The van der Waals surface area contributed by atoms with Gasteiger partial charge in [-0.1, -0.05) is 6.07 Å². The SMILES string of the molecule is COc1ccc(CNc2cc(C(=O)N3CCCCC3)nc(C)n2)cc1OC. The van der Waals surface area contributed by atoms with Gasteiger partial charge < -0.3 is 19.7 Å².